The van der Waals surface area contributed by atoms with Gasteiger partial charge in [0.2, 0.25) is 5.66 Å². The van der Waals surface area contributed by atoms with Crippen LogP contribution >= 0.6 is 0 Å². The molecular formula is C19H20N2O6. The third-order valence-corrected chi connectivity index (χ3v) is 3.74. The number of carboxylic acids is 2. The zero-order valence-corrected chi connectivity index (χ0v) is 14.4. The highest BCUT2D eigenvalue weighted by Crippen LogP contribution is 2.19. The predicted octanol–water partition coefficient (Wildman–Crippen LogP) is 2.67. The predicted molar refractivity (Wildman–Crippen MR) is 97.1 cm³/mol. The van der Waals surface area contributed by atoms with E-state index in [1.54, 1.807) is 54.6 Å². The van der Waals surface area contributed by atoms with Gasteiger partial charge in [-0.15, -0.1) is 0 Å². The van der Waals surface area contributed by atoms with Crippen molar-refractivity contribution in [1.29, 1.82) is 0 Å². The molecule has 2 aromatic carbocycles. The van der Waals surface area contributed by atoms with Gasteiger partial charge in [-0.1, -0.05) is 48.5 Å². The zero-order chi connectivity index (χ0) is 19.7. The Hall–Kier alpha value is -3.55. The molecule has 0 fully saturated rings. The lowest BCUT2D eigenvalue weighted by atomic mass is 10.0. The van der Waals surface area contributed by atoms with E-state index in [0.717, 1.165) is 5.56 Å². The number of carbonyl (C=O) groups excluding carboxylic acids is 1. The SMILES string of the molecule is O=C(O)CC[C@@](NC(=O)OCc1ccccc1)(Nc1ccccc1)C(=O)O. The first kappa shape index (κ1) is 19.8. The van der Waals surface area contributed by atoms with Crippen LogP contribution in [0.1, 0.15) is 18.4 Å². The Kier molecular flexibility index (Phi) is 6.76. The lowest BCUT2D eigenvalue weighted by Crippen LogP contribution is -2.60. The molecule has 0 heterocycles. The largest absolute Gasteiger partial charge is 0.481 e. The Labute approximate surface area is 155 Å². The first-order valence-corrected chi connectivity index (χ1v) is 8.18. The van der Waals surface area contributed by atoms with Crippen LogP contribution in [0.2, 0.25) is 0 Å². The molecule has 142 valence electrons. The number of ether oxygens (including phenoxy) is 1. The van der Waals surface area contributed by atoms with Crippen LogP contribution < -0.4 is 10.6 Å². The summed E-state index contributed by atoms with van der Waals surface area (Å²) in [6.07, 6.45) is -1.83. The first-order valence-electron chi connectivity index (χ1n) is 8.18. The van der Waals surface area contributed by atoms with Crippen molar-refractivity contribution in [3.8, 4) is 0 Å². The minimum atomic E-state index is -2.03. The van der Waals surface area contributed by atoms with E-state index in [2.05, 4.69) is 10.6 Å². The molecule has 0 radical (unpaired) electrons. The molecule has 0 spiro atoms. The highest BCUT2D eigenvalue weighted by Gasteiger charge is 2.41. The number of aliphatic carboxylic acids is 2. The molecule has 0 bridgehead atoms. The summed E-state index contributed by atoms with van der Waals surface area (Å²) in [5, 5.41) is 23.6. The van der Waals surface area contributed by atoms with Crippen molar-refractivity contribution in [2.45, 2.75) is 25.1 Å². The molecule has 2 aromatic rings. The van der Waals surface area contributed by atoms with Crippen molar-refractivity contribution in [3.05, 3.63) is 66.2 Å². The van der Waals surface area contributed by atoms with E-state index in [1.807, 2.05) is 6.07 Å². The van der Waals surface area contributed by atoms with Crippen molar-refractivity contribution in [3.63, 3.8) is 0 Å². The van der Waals surface area contributed by atoms with Gasteiger partial charge in [0.1, 0.15) is 6.61 Å². The van der Waals surface area contributed by atoms with E-state index < -0.39 is 30.1 Å². The molecular weight excluding hydrogens is 352 g/mol. The van der Waals surface area contributed by atoms with Crippen LogP contribution in [0.15, 0.2) is 60.7 Å². The number of nitrogens with one attached hydrogen (secondary N) is 2. The van der Waals surface area contributed by atoms with Crippen molar-refractivity contribution < 1.29 is 29.3 Å². The lowest BCUT2D eigenvalue weighted by molar-refractivity contribution is -0.144. The number of amides is 1. The van der Waals surface area contributed by atoms with E-state index in [9.17, 15) is 19.5 Å². The van der Waals surface area contributed by atoms with Gasteiger partial charge in [0.25, 0.3) is 0 Å². The normalized spacial score (nSPS) is 12.4. The molecule has 8 heteroatoms. The fraction of sp³-hybridized carbons (Fsp3) is 0.211. The molecule has 0 unspecified atom stereocenters. The van der Waals surface area contributed by atoms with Crippen LogP contribution in [-0.2, 0) is 20.9 Å². The lowest BCUT2D eigenvalue weighted by Gasteiger charge is -2.31. The molecule has 8 nitrogen and oxygen atoms in total. The quantitative estimate of drug-likeness (QED) is 0.499. The second-order valence-corrected chi connectivity index (χ2v) is 5.78. The Morgan fingerprint density at radius 3 is 2.07 bits per heavy atom. The molecule has 0 aliphatic carbocycles. The van der Waals surface area contributed by atoms with Gasteiger partial charge in [-0.05, 0) is 17.7 Å². The fourth-order valence-electron chi connectivity index (χ4n) is 2.37. The summed E-state index contributed by atoms with van der Waals surface area (Å²) >= 11 is 0. The summed E-state index contributed by atoms with van der Waals surface area (Å²) in [5.41, 5.74) is -0.892. The van der Waals surface area contributed by atoms with Gasteiger partial charge in [0, 0.05) is 18.5 Å². The van der Waals surface area contributed by atoms with Crippen molar-refractivity contribution in [1.82, 2.24) is 5.32 Å². The van der Waals surface area contributed by atoms with Crippen LogP contribution in [0.25, 0.3) is 0 Å². The van der Waals surface area contributed by atoms with Gasteiger partial charge in [0.05, 0.1) is 0 Å². The van der Waals surface area contributed by atoms with Crippen molar-refractivity contribution in [2.75, 3.05) is 5.32 Å². The van der Waals surface area contributed by atoms with E-state index >= 15 is 0 Å². The molecule has 0 aliphatic heterocycles. The molecule has 0 aliphatic rings. The number of carbonyl (C=O) groups is 3. The molecule has 1 amide bonds. The van der Waals surface area contributed by atoms with Gasteiger partial charge >= 0.3 is 18.0 Å². The number of rotatable bonds is 9. The maximum atomic E-state index is 12.2. The number of carboxylic acid groups (broad SMARTS) is 2. The number of hydrogen-bond acceptors (Lipinski definition) is 5. The van der Waals surface area contributed by atoms with Crippen LogP contribution in [-0.4, -0.2) is 33.9 Å². The third-order valence-electron chi connectivity index (χ3n) is 3.74. The molecule has 4 N–H and O–H groups in total. The maximum Gasteiger partial charge on any atom is 0.409 e. The van der Waals surface area contributed by atoms with Crippen LogP contribution in [0.3, 0.4) is 0 Å². The molecule has 1 atom stereocenters. The number of hydrogen-bond donors (Lipinski definition) is 4. The topological polar surface area (TPSA) is 125 Å². The van der Waals surface area contributed by atoms with Crippen LogP contribution in [0, 0.1) is 0 Å². The summed E-state index contributed by atoms with van der Waals surface area (Å²) in [6.45, 7) is -0.0490. The first-order chi connectivity index (χ1) is 12.9. The highest BCUT2D eigenvalue weighted by molar-refractivity contribution is 5.87. The Balaban J connectivity index is 2.14. The summed E-state index contributed by atoms with van der Waals surface area (Å²) < 4.78 is 5.08. The Bertz CT molecular complexity index is 781. The monoisotopic (exact) mass is 372 g/mol. The second kappa shape index (κ2) is 9.23. The van der Waals surface area contributed by atoms with Crippen LogP contribution in [0.5, 0.6) is 0 Å². The second-order valence-electron chi connectivity index (χ2n) is 5.78. The smallest absolute Gasteiger partial charge is 0.409 e. The Morgan fingerprint density at radius 1 is 0.926 bits per heavy atom. The Morgan fingerprint density at radius 2 is 1.52 bits per heavy atom. The van der Waals surface area contributed by atoms with E-state index in [4.69, 9.17) is 9.84 Å². The molecule has 2 rings (SSSR count). The van der Waals surface area contributed by atoms with Crippen LogP contribution in [0.4, 0.5) is 10.5 Å². The third kappa shape index (κ3) is 6.03. The van der Waals surface area contributed by atoms with Gasteiger partial charge in [-0.3, -0.25) is 10.1 Å². The molecule has 27 heavy (non-hydrogen) atoms. The number of para-hydroxylation sites is 1. The van der Waals surface area contributed by atoms with Gasteiger partial charge < -0.3 is 20.3 Å². The summed E-state index contributed by atoms with van der Waals surface area (Å²) in [7, 11) is 0. The molecule has 0 saturated carbocycles. The minimum absolute atomic E-state index is 0.0490. The van der Waals surface area contributed by atoms with E-state index in [-0.39, 0.29) is 13.0 Å². The van der Waals surface area contributed by atoms with Crippen molar-refractivity contribution in [2.24, 2.45) is 0 Å². The molecule has 0 saturated heterocycles. The number of alkyl carbamates (subject to hydrolysis) is 1. The summed E-state index contributed by atoms with van der Waals surface area (Å²) in [4.78, 5) is 35.1. The summed E-state index contributed by atoms with van der Waals surface area (Å²) in [5.74, 6) is -2.61. The maximum absolute atomic E-state index is 12.2. The van der Waals surface area contributed by atoms with Gasteiger partial charge in [-0.25, -0.2) is 9.59 Å². The standard InChI is InChI=1S/C19H20N2O6/c22-16(23)11-12-19(17(24)25,20-15-9-5-2-6-10-15)21-18(26)27-13-14-7-3-1-4-8-14/h1-10,20H,11-13H2,(H,21,26)(H,22,23)(H,24,25)/t19-/m0/s1. The average Bonchev–Trinajstić information content (AvgIpc) is 2.66. The van der Waals surface area contributed by atoms with E-state index in [0.29, 0.717) is 5.69 Å². The number of benzene rings is 2. The van der Waals surface area contributed by atoms with E-state index in [1.165, 1.54) is 0 Å². The number of anilines is 1. The zero-order valence-electron chi connectivity index (χ0n) is 14.4. The fourth-order valence-corrected chi connectivity index (χ4v) is 2.37. The minimum Gasteiger partial charge on any atom is -0.481 e. The van der Waals surface area contributed by atoms with Crippen molar-refractivity contribution >= 4 is 23.7 Å². The van der Waals surface area contributed by atoms with Gasteiger partial charge in [-0.2, -0.15) is 0 Å². The summed E-state index contributed by atoms with van der Waals surface area (Å²) in [6, 6.07) is 17.2. The highest BCUT2D eigenvalue weighted by atomic mass is 16.5. The van der Waals surface area contributed by atoms with Gasteiger partial charge in [0.15, 0.2) is 0 Å². The molecule has 0 aromatic heterocycles. The average molecular weight is 372 g/mol.